The van der Waals surface area contributed by atoms with E-state index in [1.807, 2.05) is 35.3 Å². The van der Waals surface area contributed by atoms with Crippen molar-refractivity contribution in [3.63, 3.8) is 0 Å². The van der Waals surface area contributed by atoms with Gasteiger partial charge in [0, 0.05) is 13.6 Å². The number of carboxylic acid groups (broad SMARTS) is 1. The monoisotopic (exact) mass is 599 g/mol. The number of hydrazine groups is 1. The summed E-state index contributed by atoms with van der Waals surface area (Å²) in [6, 6.07) is 9.61. The Labute approximate surface area is 228 Å². The van der Waals surface area contributed by atoms with E-state index in [1.165, 1.54) is 18.9 Å². The van der Waals surface area contributed by atoms with Gasteiger partial charge in [-0.2, -0.15) is 39.5 Å². The third kappa shape index (κ3) is 6.61. The Kier molecular flexibility index (Phi) is 8.76. The normalized spacial score (nSPS) is 23.2. The van der Waals surface area contributed by atoms with Crippen LogP contribution in [-0.4, -0.2) is 53.7 Å². The minimum Gasteiger partial charge on any atom is -0.475 e. The first kappa shape index (κ1) is 32.2. The lowest BCUT2D eigenvalue weighted by atomic mass is 9.88. The van der Waals surface area contributed by atoms with E-state index in [-0.39, 0.29) is 29.5 Å². The standard InChI is InChI=1S/C24H25F6N3O.C2HF3O2/c1-14(16-9-17(23(25,26)27)11-18(10-16)24(28,29)30)32(3)21(34)22-12-19(22)13-33(31-2)20(22)15-7-5-4-6-8-15;3-2(4,5)1(6)7/h4-11,14,19-20,31H,12-13H2,1-3H3;(H,6,7)/t14-,19+,20-,22+;/m0./s1. The van der Waals surface area contributed by atoms with Gasteiger partial charge in [-0.3, -0.25) is 10.2 Å². The van der Waals surface area contributed by atoms with Crippen LogP contribution >= 0.6 is 0 Å². The Morgan fingerprint density at radius 3 is 1.88 bits per heavy atom. The third-order valence-corrected chi connectivity index (χ3v) is 7.41. The van der Waals surface area contributed by atoms with Gasteiger partial charge in [0.2, 0.25) is 5.91 Å². The average Bonchev–Trinajstić information content (AvgIpc) is 3.51. The Morgan fingerprint density at radius 1 is 0.976 bits per heavy atom. The highest BCUT2D eigenvalue weighted by atomic mass is 19.4. The van der Waals surface area contributed by atoms with E-state index in [0.717, 1.165) is 5.56 Å². The van der Waals surface area contributed by atoms with Gasteiger partial charge in [-0.15, -0.1) is 0 Å². The zero-order valence-electron chi connectivity index (χ0n) is 21.8. The van der Waals surface area contributed by atoms with Crippen LogP contribution in [0.25, 0.3) is 0 Å². The van der Waals surface area contributed by atoms with E-state index >= 15 is 0 Å². The second-order valence-corrected chi connectivity index (χ2v) is 9.86. The van der Waals surface area contributed by atoms with Crippen molar-refractivity contribution in [2.24, 2.45) is 11.3 Å². The second kappa shape index (κ2) is 11.2. The maximum absolute atomic E-state index is 13.8. The second-order valence-electron chi connectivity index (χ2n) is 9.86. The van der Waals surface area contributed by atoms with Crippen molar-refractivity contribution in [2.45, 2.75) is 44.0 Å². The molecular formula is C26H26F9N3O3. The molecule has 1 aliphatic heterocycles. The molecule has 4 rings (SSSR count). The largest absolute Gasteiger partial charge is 0.490 e. The molecule has 1 amide bonds. The number of aliphatic carboxylic acids is 1. The van der Waals surface area contributed by atoms with E-state index in [9.17, 15) is 44.3 Å². The number of halogens is 9. The summed E-state index contributed by atoms with van der Waals surface area (Å²) in [5.41, 5.74) is 0.245. The first-order valence-corrected chi connectivity index (χ1v) is 12.1. The van der Waals surface area contributed by atoms with Crippen LogP contribution in [0.15, 0.2) is 48.5 Å². The number of carboxylic acids is 1. The van der Waals surface area contributed by atoms with E-state index in [4.69, 9.17) is 9.90 Å². The smallest absolute Gasteiger partial charge is 0.475 e. The number of hydrogen-bond acceptors (Lipinski definition) is 4. The molecule has 1 aliphatic carbocycles. The summed E-state index contributed by atoms with van der Waals surface area (Å²) >= 11 is 0. The lowest BCUT2D eigenvalue weighted by Gasteiger charge is -2.35. The average molecular weight is 599 g/mol. The van der Waals surface area contributed by atoms with Crippen molar-refractivity contribution in [2.75, 3.05) is 20.6 Å². The van der Waals surface area contributed by atoms with Gasteiger partial charge in [-0.1, -0.05) is 30.3 Å². The van der Waals surface area contributed by atoms with Crippen molar-refractivity contribution in [1.82, 2.24) is 15.3 Å². The fourth-order valence-electron chi connectivity index (χ4n) is 5.19. The van der Waals surface area contributed by atoms with Gasteiger partial charge >= 0.3 is 24.5 Å². The van der Waals surface area contributed by atoms with Crippen LogP contribution < -0.4 is 5.43 Å². The Hall–Kier alpha value is -3.33. The lowest BCUT2D eigenvalue weighted by molar-refractivity contribution is -0.192. The molecule has 2 aliphatic rings. The zero-order valence-corrected chi connectivity index (χ0v) is 21.8. The molecule has 0 spiro atoms. The first-order valence-electron chi connectivity index (χ1n) is 12.1. The van der Waals surface area contributed by atoms with Crippen LogP contribution in [0.4, 0.5) is 39.5 Å². The molecule has 0 aromatic heterocycles. The number of hydrogen-bond donors (Lipinski definition) is 2. The maximum Gasteiger partial charge on any atom is 0.490 e. The van der Waals surface area contributed by atoms with Gasteiger partial charge in [0.15, 0.2) is 0 Å². The number of benzene rings is 2. The van der Waals surface area contributed by atoms with Crippen molar-refractivity contribution in [3.05, 3.63) is 70.8 Å². The Morgan fingerprint density at radius 2 is 1.46 bits per heavy atom. The number of carbonyl (C=O) groups excluding carboxylic acids is 1. The molecular weight excluding hydrogens is 573 g/mol. The summed E-state index contributed by atoms with van der Waals surface area (Å²) in [5, 5.41) is 9.09. The highest BCUT2D eigenvalue weighted by molar-refractivity contribution is 5.88. The number of carbonyl (C=O) groups is 2. The predicted octanol–water partition coefficient (Wildman–Crippen LogP) is 6.07. The van der Waals surface area contributed by atoms with Crippen molar-refractivity contribution >= 4 is 11.9 Å². The molecule has 4 atom stereocenters. The molecule has 41 heavy (non-hydrogen) atoms. The van der Waals surface area contributed by atoms with Crippen LogP contribution in [0.5, 0.6) is 0 Å². The zero-order chi connectivity index (χ0) is 31.1. The van der Waals surface area contributed by atoms with E-state index in [0.29, 0.717) is 25.1 Å². The SMILES string of the molecule is CNN1C[C@H]2C[C@]2(C(=O)N(C)[C@@H](C)c2cc(C(F)(F)F)cc(C(F)(F)F)c2)[C@@H]1c1ccccc1.O=C(O)C(F)(F)F. The van der Waals surface area contributed by atoms with Crippen LogP contribution in [0, 0.1) is 11.3 Å². The quantitative estimate of drug-likeness (QED) is 0.408. The van der Waals surface area contributed by atoms with Gasteiger partial charge in [0.25, 0.3) is 0 Å². The van der Waals surface area contributed by atoms with E-state index in [2.05, 4.69) is 5.43 Å². The fraction of sp³-hybridized carbons (Fsp3) is 0.462. The first-order chi connectivity index (χ1) is 18.7. The van der Waals surface area contributed by atoms with Crippen molar-refractivity contribution in [3.8, 4) is 0 Å². The number of fused-ring (bicyclic) bond motifs is 1. The lowest BCUT2D eigenvalue weighted by Crippen LogP contribution is -2.44. The summed E-state index contributed by atoms with van der Waals surface area (Å²) in [6.45, 7) is 2.07. The molecule has 2 fully saturated rings. The fourth-order valence-corrected chi connectivity index (χ4v) is 5.19. The topological polar surface area (TPSA) is 72.9 Å². The van der Waals surface area contributed by atoms with E-state index < -0.39 is 47.1 Å². The summed E-state index contributed by atoms with van der Waals surface area (Å²) < 4.78 is 112. The van der Waals surface area contributed by atoms with Gasteiger partial charge in [0.1, 0.15) is 0 Å². The molecule has 0 bridgehead atoms. The van der Waals surface area contributed by atoms with Crippen LogP contribution in [0.1, 0.15) is 47.7 Å². The van der Waals surface area contributed by atoms with E-state index in [1.54, 1.807) is 7.05 Å². The molecule has 2 aromatic rings. The Balaban J connectivity index is 0.000000587. The van der Waals surface area contributed by atoms with Gasteiger partial charge in [-0.05, 0) is 55.6 Å². The summed E-state index contributed by atoms with van der Waals surface area (Å²) in [7, 11) is 3.20. The minimum atomic E-state index is -5.08. The number of piperidine rings is 1. The molecule has 0 radical (unpaired) electrons. The number of nitrogens with zero attached hydrogens (tertiary/aromatic N) is 2. The highest BCUT2D eigenvalue weighted by Gasteiger charge is 2.71. The molecule has 1 saturated carbocycles. The number of rotatable bonds is 5. The summed E-state index contributed by atoms with van der Waals surface area (Å²) in [4.78, 5) is 23.9. The number of amides is 1. The number of alkyl halides is 9. The molecule has 2 N–H and O–H groups in total. The minimum absolute atomic E-state index is 0.0413. The molecule has 226 valence electrons. The number of nitrogens with one attached hydrogen (secondary N) is 1. The Bertz CT molecular complexity index is 1230. The molecule has 2 aromatic carbocycles. The molecule has 1 heterocycles. The third-order valence-electron chi connectivity index (χ3n) is 7.41. The maximum atomic E-state index is 13.8. The molecule has 1 saturated heterocycles. The van der Waals surface area contributed by atoms with Gasteiger partial charge in [0.05, 0.1) is 28.6 Å². The summed E-state index contributed by atoms with van der Waals surface area (Å²) in [5.74, 6) is -3.00. The predicted molar refractivity (Wildman–Crippen MR) is 127 cm³/mol. The van der Waals surface area contributed by atoms with Gasteiger partial charge in [-0.25, -0.2) is 9.80 Å². The van der Waals surface area contributed by atoms with Crippen LogP contribution in [0.3, 0.4) is 0 Å². The van der Waals surface area contributed by atoms with Crippen LogP contribution in [-0.2, 0) is 21.9 Å². The van der Waals surface area contributed by atoms with Crippen molar-refractivity contribution in [1.29, 1.82) is 0 Å². The molecule has 6 nitrogen and oxygen atoms in total. The molecule has 15 heteroatoms. The molecule has 0 unspecified atom stereocenters. The summed E-state index contributed by atoms with van der Waals surface area (Å²) in [6.07, 6.45) is -14.4. The highest BCUT2D eigenvalue weighted by Crippen LogP contribution is 2.67. The van der Waals surface area contributed by atoms with Crippen LogP contribution in [0.2, 0.25) is 0 Å². The van der Waals surface area contributed by atoms with Gasteiger partial charge < -0.3 is 10.0 Å². The van der Waals surface area contributed by atoms with Crippen molar-refractivity contribution < 1.29 is 54.2 Å².